The molecule has 2 aromatic carbocycles. The first kappa shape index (κ1) is 19.8. The van der Waals surface area contributed by atoms with E-state index in [0.29, 0.717) is 22.0 Å². The van der Waals surface area contributed by atoms with Crippen LogP contribution in [0.4, 0.5) is 0 Å². The smallest absolute Gasteiger partial charge is 0.277 e. The molecule has 0 fully saturated rings. The number of carbonyl (C=O) groups excluding carboxylic acids is 2. The quantitative estimate of drug-likeness (QED) is 0.550. The van der Waals surface area contributed by atoms with Crippen molar-refractivity contribution in [2.45, 2.75) is 12.8 Å². The maximum atomic E-state index is 11.9. The van der Waals surface area contributed by atoms with Gasteiger partial charge in [0.15, 0.2) is 6.61 Å². The molecule has 0 spiro atoms. The molecule has 0 aliphatic heterocycles. The van der Waals surface area contributed by atoms with E-state index in [0.717, 1.165) is 0 Å². The zero-order valence-electron chi connectivity index (χ0n) is 13.6. The van der Waals surface area contributed by atoms with E-state index in [1.807, 2.05) is 6.07 Å². The molecule has 0 radical (unpaired) electrons. The van der Waals surface area contributed by atoms with E-state index in [4.69, 9.17) is 27.9 Å². The molecule has 6 nitrogen and oxygen atoms in total. The van der Waals surface area contributed by atoms with Crippen LogP contribution in [0.2, 0.25) is 10.0 Å². The number of hydrazone groups is 1. The minimum atomic E-state index is -1.19. The number of ether oxygens (including phenoxy) is 1. The summed E-state index contributed by atoms with van der Waals surface area (Å²) in [6.07, 6.45) is -0.0863. The summed E-state index contributed by atoms with van der Waals surface area (Å²) in [4.78, 5) is 22.6. The lowest BCUT2D eigenvalue weighted by Gasteiger charge is -2.09. The molecule has 136 valence electrons. The number of nitrogens with zero attached hydrogens (tertiary/aromatic N) is 1. The summed E-state index contributed by atoms with van der Waals surface area (Å²) in [5.41, 5.74) is 3.48. The molecule has 2 aromatic rings. The largest absolute Gasteiger partial charge is 0.550 e. The Kier molecular flexibility index (Phi) is 7.44. The number of hydrogen-bond donors (Lipinski definition) is 1. The highest BCUT2D eigenvalue weighted by Crippen LogP contribution is 2.27. The van der Waals surface area contributed by atoms with Gasteiger partial charge in [-0.3, -0.25) is 4.79 Å². The molecule has 1 amide bonds. The zero-order chi connectivity index (χ0) is 18.9. The molecule has 0 saturated heterocycles. The Balaban J connectivity index is 1.98. The third-order valence-electron chi connectivity index (χ3n) is 3.24. The average molecular weight is 394 g/mol. The number of carboxylic acids is 1. The average Bonchev–Trinajstić information content (AvgIpc) is 2.61. The van der Waals surface area contributed by atoms with Crippen LogP contribution in [0.3, 0.4) is 0 Å². The summed E-state index contributed by atoms with van der Waals surface area (Å²) in [5, 5.41) is 15.4. The molecule has 0 aliphatic rings. The molecule has 0 bridgehead atoms. The number of aliphatic carboxylic acids is 1. The molecule has 1 N–H and O–H groups in total. The first-order chi connectivity index (χ1) is 12.5. The molecular weight excluding hydrogens is 379 g/mol. The fourth-order valence-electron chi connectivity index (χ4n) is 2.01. The number of carbonyl (C=O) groups is 2. The molecule has 0 atom stereocenters. The van der Waals surface area contributed by atoms with Gasteiger partial charge in [0.25, 0.3) is 5.91 Å². The first-order valence-corrected chi connectivity index (χ1v) is 8.40. The maximum Gasteiger partial charge on any atom is 0.277 e. The summed E-state index contributed by atoms with van der Waals surface area (Å²) in [6.45, 7) is -0.312. The highest BCUT2D eigenvalue weighted by atomic mass is 35.5. The highest BCUT2D eigenvalue weighted by Gasteiger charge is 2.08. The number of carboxylic acid groups (broad SMARTS) is 1. The molecule has 0 unspecified atom stereocenters. The second-order valence-corrected chi connectivity index (χ2v) is 6.04. The van der Waals surface area contributed by atoms with Gasteiger partial charge in [-0.15, -0.1) is 0 Å². The van der Waals surface area contributed by atoms with Crippen LogP contribution >= 0.6 is 23.2 Å². The topological polar surface area (TPSA) is 90.8 Å². The molecule has 0 aromatic heterocycles. The van der Waals surface area contributed by atoms with E-state index in [1.54, 1.807) is 36.4 Å². The van der Waals surface area contributed by atoms with Crippen molar-refractivity contribution < 1.29 is 19.4 Å². The second kappa shape index (κ2) is 9.79. The normalized spacial score (nSPS) is 11.1. The third kappa shape index (κ3) is 6.38. The SMILES string of the molecule is O=C([O-])CC/C(=N\NC(=O)COc1ccc(Cl)cc1Cl)c1ccccc1. The summed E-state index contributed by atoms with van der Waals surface area (Å²) in [6, 6.07) is 13.6. The van der Waals surface area contributed by atoms with Crippen LogP contribution in [0.5, 0.6) is 5.75 Å². The van der Waals surface area contributed by atoms with Gasteiger partial charge < -0.3 is 14.6 Å². The molecule has 26 heavy (non-hydrogen) atoms. The molecule has 0 aliphatic carbocycles. The van der Waals surface area contributed by atoms with Crippen molar-refractivity contribution in [1.82, 2.24) is 5.43 Å². The van der Waals surface area contributed by atoms with E-state index in [-0.39, 0.29) is 24.5 Å². The second-order valence-electron chi connectivity index (χ2n) is 5.19. The lowest BCUT2D eigenvalue weighted by molar-refractivity contribution is -0.305. The summed E-state index contributed by atoms with van der Waals surface area (Å²) >= 11 is 11.8. The molecule has 8 heteroatoms. The minimum Gasteiger partial charge on any atom is -0.550 e. The van der Waals surface area contributed by atoms with Crippen LogP contribution in [-0.4, -0.2) is 24.2 Å². The lowest BCUT2D eigenvalue weighted by Crippen LogP contribution is -2.27. The standard InChI is InChI=1S/C18H16Cl2N2O4/c19-13-6-8-16(14(20)10-13)26-11-17(23)22-21-15(7-9-18(24)25)12-4-2-1-3-5-12/h1-6,8,10H,7,9,11H2,(H,22,23)(H,24,25)/p-1/b21-15+. The van der Waals surface area contributed by atoms with Gasteiger partial charge in [0.2, 0.25) is 0 Å². The Morgan fingerprint density at radius 3 is 2.46 bits per heavy atom. The number of amides is 1. The van der Waals surface area contributed by atoms with Crippen LogP contribution in [0.15, 0.2) is 53.6 Å². The Morgan fingerprint density at radius 2 is 1.81 bits per heavy atom. The molecular formula is C18H15Cl2N2O4-. The van der Waals surface area contributed by atoms with E-state index < -0.39 is 11.9 Å². The Morgan fingerprint density at radius 1 is 1.08 bits per heavy atom. The van der Waals surface area contributed by atoms with Crippen molar-refractivity contribution in [2.75, 3.05) is 6.61 Å². The molecule has 0 heterocycles. The van der Waals surface area contributed by atoms with Crippen LogP contribution in [0.1, 0.15) is 18.4 Å². The summed E-state index contributed by atoms with van der Waals surface area (Å²) in [5.74, 6) is -1.39. The van der Waals surface area contributed by atoms with Gasteiger partial charge in [-0.2, -0.15) is 5.10 Å². The van der Waals surface area contributed by atoms with Crippen LogP contribution < -0.4 is 15.3 Å². The number of nitrogens with one attached hydrogen (secondary N) is 1. The monoisotopic (exact) mass is 393 g/mol. The highest BCUT2D eigenvalue weighted by molar-refractivity contribution is 6.35. The summed E-state index contributed by atoms with van der Waals surface area (Å²) in [7, 11) is 0. The molecule has 2 rings (SSSR count). The van der Waals surface area contributed by atoms with Crippen molar-refractivity contribution >= 4 is 40.8 Å². The van der Waals surface area contributed by atoms with Gasteiger partial charge in [-0.25, -0.2) is 5.43 Å². The van der Waals surface area contributed by atoms with Gasteiger partial charge in [0.1, 0.15) is 5.75 Å². The van der Waals surface area contributed by atoms with Crippen LogP contribution in [0.25, 0.3) is 0 Å². The fourth-order valence-corrected chi connectivity index (χ4v) is 2.48. The van der Waals surface area contributed by atoms with Crippen LogP contribution in [-0.2, 0) is 9.59 Å². The van der Waals surface area contributed by atoms with Crippen molar-refractivity contribution in [3.63, 3.8) is 0 Å². The van der Waals surface area contributed by atoms with Gasteiger partial charge in [0, 0.05) is 11.0 Å². The van der Waals surface area contributed by atoms with Crippen molar-refractivity contribution in [1.29, 1.82) is 0 Å². The van der Waals surface area contributed by atoms with Crippen molar-refractivity contribution in [2.24, 2.45) is 5.10 Å². The first-order valence-electron chi connectivity index (χ1n) is 7.64. The van der Waals surface area contributed by atoms with Gasteiger partial charge >= 0.3 is 0 Å². The lowest BCUT2D eigenvalue weighted by atomic mass is 10.1. The number of hydrogen-bond acceptors (Lipinski definition) is 5. The third-order valence-corrected chi connectivity index (χ3v) is 3.77. The Labute approximate surface area is 160 Å². The van der Waals surface area contributed by atoms with E-state index >= 15 is 0 Å². The minimum absolute atomic E-state index is 0.122. The van der Waals surface area contributed by atoms with Crippen molar-refractivity contribution in [3.05, 3.63) is 64.1 Å². The maximum absolute atomic E-state index is 11.9. The van der Waals surface area contributed by atoms with Gasteiger partial charge in [-0.1, -0.05) is 53.5 Å². The fraction of sp³-hybridized carbons (Fsp3) is 0.167. The van der Waals surface area contributed by atoms with Gasteiger partial charge in [-0.05, 0) is 36.6 Å². The summed E-state index contributed by atoms with van der Waals surface area (Å²) < 4.78 is 5.31. The Bertz CT molecular complexity index is 810. The van der Waals surface area contributed by atoms with Crippen molar-refractivity contribution in [3.8, 4) is 5.75 Å². The number of rotatable bonds is 8. The predicted octanol–water partition coefficient (Wildman–Crippen LogP) is 2.42. The van der Waals surface area contributed by atoms with E-state index in [9.17, 15) is 14.7 Å². The van der Waals surface area contributed by atoms with E-state index in [2.05, 4.69) is 10.5 Å². The number of halogens is 2. The predicted molar refractivity (Wildman–Crippen MR) is 97.3 cm³/mol. The van der Waals surface area contributed by atoms with E-state index in [1.165, 1.54) is 6.07 Å². The van der Waals surface area contributed by atoms with Gasteiger partial charge in [0.05, 0.1) is 10.7 Å². The molecule has 0 saturated carbocycles. The Hall–Kier alpha value is -2.57. The van der Waals surface area contributed by atoms with Crippen LogP contribution in [0, 0.1) is 0 Å². The number of benzene rings is 2. The zero-order valence-corrected chi connectivity index (χ0v) is 15.1.